The van der Waals surface area contributed by atoms with Crippen LogP contribution in [0.5, 0.6) is 5.75 Å². The zero-order valence-electron chi connectivity index (χ0n) is 16.4. The molecule has 0 aromatic heterocycles. The Hall–Kier alpha value is -3.08. The van der Waals surface area contributed by atoms with Gasteiger partial charge in [-0.2, -0.15) is 0 Å². The van der Waals surface area contributed by atoms with E-state index >= 15 is 0 Å². The Kier molecular flexibility index (Phi) is 8.79. The van der Waals surface area contributed by atoms with Crippen LogP contribution in [-0.2, 0) is 9.53 Å². The van der Waals surface area contributed by atoms with Gasteiger partial charge in [-0.3, -0.25) is 4.79 Å². The van der Waals surface area contributed by atoms with E-state index in [1.54, 1.807) is 37.5 Å². The minimum absolute atomic E-state index is 0.248. The number of benzene rings is 2. The molecule has 28 heavy (non-hydrogen) atoms. The quantitative estimate of drug-likeness (QED) is 0.354. The highest BCUT2D eigenvalue weighted by molar-refractivity contribution is 6.02. The van der Waals surface area contributed by atoms with Crippen LogP contribution in [-0.4, -0.2) is 25.6 Å². The Morgan fingerprint density at radius 3 is 2.32 bits per heavy atom. The molecule has 5 heteroatoms. The SMILES string of the molecule is CCCCCCOC(=O)c1ccc(NC(=O)/C=C/c2ccc(OC)cc2)cc1. The summed E-state index contributed by atoms with van der Waals surface area (Å²) in [5.41, 5.74) is 1.99. The van der Waals surface area contributed by atoms with Gasteiger partial charge in [0.25, 0.3) is 0 Å². The molecular formula is C23H27NO4. The fourth-order valence-corrected chi connectivity index (χ4v) is 2.54. The molecule has 0 aliphatic rings. The minimum Gasteiger partial charge on any atom is -0.497 e. The summed E-state index contributed by atoms with van der Waals surface area (Å²) in [6.07, 6.45) is 7.43. The first kappa shape index (κ1) is 21.2. The third-order valence-corrected chi connectivity index (χ3v) is 4.16. The number of hydrogen-bond donors (Lipinski definition) is 1. The summed E-state index contributed by atoms with van der Waals surface area (Å²) in [5.74, 6) is 0.178. The molecule has 0 saturated carbocycles. The van der Waals surface area contributed by atoms with Crippen molar-refractivity contribution in [1.29, 1.82) is 0 Å². The van der Waals surface area contributed by atoms with Crippen molar-refractivity contribution in [2.75, 3.05) is 19.0 Å². The van der Waals surface area contributed by atoms with Crippen molar-refractivity contribution < 1.29 is 19.1 Å². The third-order valence-electron chi connectivity index (χ3n) is 4.16. The van der Waals surface area contributed by atoms with Crippen LogP contribution in [0.1, 0.15) is 48.5 Å². The van der Waals surface area contributed by atoms with Crippen LogP contribution in [0, 0.1) is 0 Å². The van der Waals surface area contributed by atoms with Gasteiger partial charge in [0, 0.05) is 11.8 Å². The molecule has 1 N–H and O–H groups in total. The van der Waals surface area contributed by atoms with Crippen molar-refractivity contribution in [3.8, 4) is 5.75 Å². The van der Waals surface area contributed by atoms with Crippen LogP contribution < -0.4 is 10.1 Å². The maximum atomic E-state index is 12.0. The highest BCUT2D eigenvalue weighted by Crippen LogP contribution is 2.13. The number of rotatable bonds is 10. The van der Waals surface area contributed by atoms with Crippen LogP contribution >= 0.6 is 0 Å². The fraction of sp³-hybridized carbons (Fsp3) is 0.304. The van der Waals surface area contributed by atoms with Crippen molar-refractivity contribution in [2.24, 2.45) is 0 Å². The second kappa shape index (κ2) is 11.6. The largest absolute Gasteiger partial charge is 0.497 e. The van der Waals surface area contributed by atoms with E-state index in [-0.39, 0.29) is 11.9 Å². The maximum Gasteiger partial charge on any atom is 0.338 e. The van der Waals surface area contributed by atoms with Crippen LogP contribution in [0.4, 0.5) is 5.69 Å². The fourth-order valence-electron chi connectivity index (χ4n) is 2.54. The zero-order valence-corrected chi connectivity index (χ0v) is 16.4. The summed E-state index contributed by atoms with van der Waals surface area (Å²) in [7, 11) is 1.61. The highest BCUT2D eigenvalue weighted by atomic mass is 16.5. The molecule has 2 rings (SSSR count). The van der Waals surface area contributed by atoms with Gasteiger partial charge in [0.2, 0.25) is 5.91 Å². The van der Waals surface area contributed by atoms with Gasteiger partial charge in [-0.25, -0.2) is 4.79 Å². The van der Waals surface area contributed by atoms with Crippen molar-refractivity contribution >= 4 is 23.6 Å². The zero-order chi connectivity index (χ0) is 20.2. The predicted molar refractivity (Wildman–Crippen MR) is 112 cm³/mol. The Balaban J connectivity index is 1.81. The number of nitrogens with one attached hydrogen (secondary N) is 1. The van der Waals surface area contributed by atoms with Crippen molar-refractivity contribution in [2.45, 2.75) is 32.6 Å². The van der Waals surface area contributed by atoms with Gasteiger partial charge in [-0.1, -0.05) is 38.3 Å². The molecule has 0 fully saturated rings. The number of amides is 1. The lowest BCUT2D eigenvalue weighted by atomic mass is 10.2. The van der Waals surface area contributed by atoms with Crippen molar-refractivity contribution in [3.05, 3.63) is 65.7 Å². The Bertz CT molecular complexity index is 779. The van der Waals surface area contributed by atoms with Gasteiger partial charge in [-0.05, 0) is 54.5 Å². The van der Waals surface area contributed by atoms with E-state index in [1.807, 2.05) is 24.3 Å². The van der Waals surface area contributed by atoms with Crippen molar-refractivity contribution in [3.63, 3.8) is 0 Å². The first-order valence-corrected chi connectivity index (χ1v) is 9.52. The molecule has 0 bridgehead atoms. The number of methoxy groups -OCH3 is 1. The number of unbranched alkanes of at least 4 members (excludes halogenated alkanes) is 3. The third kappa shape index (κ3) is 7.27. The smallest absolute Gasteiger partial charge is 0.338 e. The molecule has 2 aromatic carbocycles. The molecule has 1 amide bonds. The molecule has 5 nitrogen and oxygen atoms in total. The van der Waals surface area contributed by atoms with Gasteiger partial charge in [0.05, 0.1) is 19.3 Å². The molecule has 2 aromatic rings. The molecular weight excluding hydrogens is 354 g/mol. The lowest BCUT2D eigenvalue weighted by Crippen LogP contribution is -2.09. The molecule has 0 atom stereocenters. The normalized spacial score (nSPS) is 10.6. The highest BCUT2D eigenvalue weighted by Gasteiger charge is 2.07. The second-order valence-electron chi connectivity index (χ2n) is 6.37. The molecule has 0 unspecified atom stereocenters. The predicted octanol–water partition coefficient (Wildman–Crippen LogP) is 5.08. The average Bonchev–Trinajstić information content (AvgIpc) is 2.73. The number of hydrogen-bond acceptors (Lipinski definition) is 4. The second-order valence-corrected chi connectivity index (χ2v) is 6.37. The summed E-state index contributed by atoms with van der Waals surface area (Å²) in [6, 6.07) is 14.1. The van der Waals surface area contributed by atoms with E-state index < -0.39 is 0 Å². The van der Waals surface area contributed by atoms with Gasteiger partial charge < -0.3 is 14.8 Å². The van der Waals surface area contributed by atoms with Crippen LogP contribution in [0.2, 0.25) is 0 Å². The van der Waals surface area contributed by atoms with Crippen molar-refractivity contribution in [1.82, 2.24) is 0 Å². The summed E-state index contributed by atoms with van der Waals surface area (Å²) in [4.78, 5) is 24.0. The lowest BCUT2D eigenvalue weighted by molar-refractivity contribution is -0.111. The molecule has 0 spiro atoms. The van der Waals surface area contributed by atoms with Gasteiger partial charge in [0.15, 0.2) is 0 Å². The van der Waals surface area contributed by atoms with E-state index in [0.29, 0.717) is 17.9 Å². The van der Waals surface area contributed by atoms with Crippen LogP contribution in [0.25, 0.3) is 6.08 Å². The molecule has 0 aliphatic heterocycles. The summed E-state index contributed by atoms with van der Waals surface area (Å²) in [6.45, 7) is 2.58. The van der Waals surface area contributed by atoms with Gasteiger partial charge in [-0.15, -0.1) is 0 Å². The minimum atomic E-state index is -0.339. The first-order chi connectivity index (χ1) is 13.6. The number of ether oxygens (including phenoxy) is 2. The average molecular weight is 381 g/mol. The standard InChI is InChI=1S/C23H27NO4/c1-3-4-5-6-17-28-23(26)19-10-12-20(13-11-19)24-22(25)16-9-18-7-14-21(27-2)15-8-18/h7-16H,3-6,17H2,1-2H3,(H,24,25)/b16-9+. The van der Waals surface area contributed by atoms with Gasteiger partial charge in [0.1, 0.15) is 5.75 Å². The number of esters is 1. The maximum absolute atomic E-state index is 12.0. The lowest BCUT2D eigenvalue weighted by Gasteiger charge is -2.06. The first-order valence-electron chi connectivity index (χ1n) is 9.52. The van der Waals surface area contributed by atoms with E-state index in [4.69, 9.17) is 9.47 Å². The molecule has 0 heterocycles. The molecule has 0 saturated heterocycles. The van der Waals surface area contributed by atoms with Crippen LogP contribution in [0.15, 0.2) is 54.6 Å². The summed E-state index contributed by atoms with van der Waals surface area (Å²) < 4.78 is 10.4. The number of anilines is 1. The van der Waals surface area contributed by atoms with E-state index in [0.717, 1.165) is 37.0 Å². The van der Waals surface area contributed by atoms with E-state index in [1.165, 1.54) is 6.08 Å². The Labute approximate surface area is 166 Å². The summed E-state index contributed by atoms with van der Waals surface area (Å²) >= 11 is 0. The van der Waals surface area contributed by atoms with Gasteiger partial charge >= 0.3 is 5.97 Å². The molecule has 148 valence electrons. The van der Waals surface area contributed by atoms with Crippen LogP contribution in [0.3, 0.4) is 0 Å². The topological polar surface area (TPSA) is 64.6 Å². The molecule has 0 aliphatic carbocycles. The monoisotopic (exact) mass is 381 g/mol. The Morgan fingerprint density at radius 1 is 0.964 bits per heavy atom. The summed E-state index contributed by atoms with van der Waals surface area (Å²) in [5, 5.41) is 2.76. The number of carbonyl (C=O) groups excluding carboxylic acids is 2. The van der Waals surface area contributed by atoms with E-state index in [2.05, 4.69) is 12.2 Å². The number of carbonyl (C=O) groups is 2. The molecule has 0 radical (unpaired) electrons. The van der Waals surface area contributed by atoms with E-state index in [9.17, 15) is 9.59 Å². The Morgan fingerprint density at radius 2 is 1.68 bits per heavy atom.